The minimum absolute atomic E-state index is 0.163. The number of hydrogen-bond donors (Lipinski definition) is 0. The molecule has 0 radical (unpaired) electrons. The predicted octanol–water partition coefficient (Wildman–Crippen LogP) is 5.11. The van der Waals surface area contributed by atoms with Crippen LogP contribution >= 0.6 is 35.0 Å². The van der Waals surface area contributed by atoms with Gasteiger partial charge in [-0.15, -0.1) is 0 Å². The molecule has 1 aromatic carbocycles. The lowest BCUT2D eigenvalue weighted by Gasteiger charge is -2.21. The first-order valence-electron chi connectivity index (χ1n) is 7.56. The Bertz CT molecular complexity index is 701. The summed E-state index contributed by atoms with van der Waals surface area (Å²) in [6, 6.07) is 3.47. The number of carbonyl (C=O) groups is 1. The van der Waals surface area contributed by atoms with Gasteiger partial charge in [0.25, 0.3) is 0 Å². The molecule has 0 aromatic heterocycles. The van der Waals surface area contributed by atoms with Crippen molar-refractivity contribution < 1.29 is 14.3 Å². The normalized spacial score (nSPS) is 14.3. The third-order valence-corrected chi connectivity index (χ3v) is 5.20. The topological polar surface area (TPSA) is 47.9 Å². The average Bonchev–Trinajstić information content (AvgIpc) is 2.55. The second-order valence-corrected chi connectivity index (χ2v) is 7.06. The number of halogens is 2. The average molecular weight is 388 g/mol. The largest absolute Gasteiger partial charge is 0.494 e. The summed E-state index contributed by atoms with van der Waals surface area (Å²) in [5.74, 6) is 1.69. The Morgan fingerprint density at radius 3 is 2.79 bits per heavy atom. The van der Waals surface area contributed by atoms with Crippen LogP contribution in [0.25, 0.3) is 0 Å². The highest BCUT2D eigenvalue weighted by atomic mass is 35.5. The molecule has 0 unspecified atom stereocenters. The highest BCUT2D eigenvalue weighted by Gasteiger charge is 2.22. The van der Waals surface area contributed by atoms with Crippen molar-refractivity contribution in [1.82, 2.24) is 0 Å². The van der Waals surface area contributed by atoms with Crippen LogP contribution in [0.15, 0.2) is 27.8 Å². The molecule has 0 N–H and O–H groups in total. The molecule has 0 aliphatic carbocycles. The van der Waals surface area contributed by atoms with Crippen LogP contribution in [-0.4, -0.2) is 31.1 Å². The van der Waals surface area contributed by atoms with E-state index in [1.54, 1.807) is 19.1 Å². The van der Waals surface area contributed by atoms with Crippen LogP contribution in [0.4, 0.5) is 0 Å². The Labute approximate surface area is 156 Å². The van der Waals surface area contributed by atoms with E-state index in [0.717, 1.165) is 17.1 Å². The molecule has 24 heavy (non-hydrogen) atoms. The Morgan fingerprint density at radius 1 is 1.42 bits per heavy atom. The molecule has 0 fully saturated rings. The van der Waals surface area contributed by atoms with Gasteiger partial charge in [0.1, 0.15) is 5.78 Å². The number of benzene rings is 1. The van der Waals surface area contributed by atoms with Crippen molar-refractivity contribution >= 4 is 46.6 Å². The number of hydrogen-bond acceptors (Lipinski definition) is 5. The third-order valence-electron chi connectivity index (χ3n) is 3.49. The van der Waals surface area contributed by atoms with E-state index >= 15 is 0 Å². The van der Waals surface area contributed by atoms with Gasteiger partial charge in [-0.2, -0.15) is 0 Å². The molecule has 0 saturated heterocycles. The van der Waals surface area contributed by atoms with Gasteiger partial charge in [0, 0.05) is 17.7 Å². The van der Waals surface area contributed by atoms with Gasteiger partial charge in [-0.1, -0.05) is 41.9 Å². The van der Waals surface area contributed by atoms with Crippen LogP contribution in [0.1, 0.15) is 32.3 Å². The summed E-state index contributed by atoms with van der Waals surface area (Å²) in [6.45, 7) is 4.20. The number of ketones is 1. The molecule has 4 nitrogen and oxygen atoms in total. The van der Waals surface area contributed by atoms with Crippen LogP contribution < -0.4 is 4.74 Å². The lowest BCUT2D eigenvalue weighted by molar-refractivity contribution is -0.116. The van der Waals surface area contributed by atoms with Gasteiger partial charge in [-0.05, 0) is 25.5 Å². The van der Waals surface area contributed by atoms with Crippen LogP contribution in [0.3, 0.4) is 0 Å². The molecule has 2 rings (SSSR count). The molecule has 7 heteroatoms. The highest BCUT2D eigenvalue weighted by molar-refractivity contribution is 8.02. The van der Waals surface area contributed by atoms with Crippen molar-refractivity contribution in [2.24, 2.45) is 4.99 Å². The number of aliphatic imine (C=N–C) groups is 1. The van der Waals surface area contributed by atoms with E-state index in [9.17, 15) is 4.79 Å². The fourth-order valence-corrected chi connectivity index (χ4v) is 3.86. The number of thioether (sulfide) groups is 1. The van der Waals surface area contributed by atoms with Crippen molar-refractivity contribution in [2.45, 2.75) is 26.7 Å². The number of methoxy groups -OCH3 is 1. The number of rotatable bonds is 7. The summed E-state index contributed by atoms with van der Waals surface area (Å²) < 4.78 is 11.2. The van der Waals surface area contributed by atoms with E-state index in [4.69, 9.17) is 32.7 Å². The van der Waals surface area contributed by atoms with Crippen molar-refractivity contribution in [2.75, 3.05) is 19.4 Å². The van der Waals surface area contributed by atoms with Gasteiger partial charge in [-0.3, -0.25) is 4.79 Å². The fourth-order valence-electron chi connectivity index (χ4n) is 2.12. The first kappa shape index (κ1) is 19.2. The fraction of sp³-hybridized carbons (Fsp3) is 0.412. The maximum atomic E-state index is 11.1. The zero-order chi connectivity index (χ0) is 17.7. The molecular formula is C17H19Cl2NO3S. The summed E-state index contributed by atoms with van der Waals surface area (Å²) >= 11 is 14.0. The Kier molecular flexibility index (Phi) is 7.02. The highest BCUT2D eigenvalue weighted by Crippen LogP contribution is 2.37. The van der Waals surface area contributed by atoms with E-state index in [1.807, 2.05) is 0 Å². The minimum atomic E-state index is 0.163. The molecule has 1 aliphatic heterocycles. The lowest BCUT2D eigenvalue weighted by atomic mass is 10.1. The molecule has 1 aliphatic rings. The molecule has 1 heterocycles. The minimum Gasteiger partial charge on any atom is -0.494 e. The van der Waals surface area contributed by atoms with Crippen LogP contribution in [-0.2, 0) is 9.53 Å². The van der Waals surface area contributed by atoms with E-state index in [-0.39, 0.29) is 5.78 Å². The Morgan fingerprint density at radius 2 is 2.17 bits per heavy atom. The summed E-state index contributed by atoms with van der Waals surface area (Å²) in [7, 11) is 1.51. The number of ether oxygens (including phenoxy) is 2. The standard InChI is InChI=1S/C17H19Cl2NO3S/c1-4-11-9-20-16(23-17(11)24-8-7-10(2)21)12-5-6-13(18)15(22-3)14(12)19/h5-6H,4,7-9H2,1-3H3. The van der Waals surface area contributed by atoms with Crippen molar-refractivity contribution in [3.63, 3.8) is 0 Å². The van der Waals surface area contributed by atoms with Crippen molar-refractivity contribution in [3.8, 4) is 5.75 Å². The van der Waals surface area contributed by atoms with Crippen LogP contribution in [0, 0.1) is 0 Å². The Hall–Kier alpha value is -1.17. The second kappa shape index (κ2) is 8.79. The number of nitrogens with zero attached hydrogens (tertiary/aromatic N) is 1. The quantitative estimate of drug-likeness (QED) is 0.651. The molecule has 0 amide bonds. The smallest absolute Gasteiger partial charge is 0.224 e. The summed E-state index contributed by atoms with van der Waals surface area (Å²) in [5, 5.41) is 1.61. The zero-order valence-electron chi connectivity index (χ0n) is 13.8. The first-order chi connectivity index (χ1) is 11.5. The first-order valence-corrected chi connectivity index (χ1v) is 9.31. The van der Waals surface area contributed by atoms with E-state index < -0.39 is 0 Å². The summed E-state index contributed by atoms with van der Waals surface area (Å²) in [4.78, 5) is 15.6. The van der Waals surface area contributed by atoms with Gasteiger partial charge < -0.3 is 9.47 Å². The van der Waals surface area contributed by atoms with E-state index in [2.05, 4.69) is 11.9 Å². The molecular weight excluding hydrogens is 369 g/mol. The summed E-state index contributed by atoms with van der Waals surface area (Å²) in [6.07, 6.45) is 1.35. The molecule has 0 bridgehead atoms. The lowest BCUT2D eigenvalue weighted by Crippen LogP contribution is -2.15. The molecule has 0 atom stereocenters. The van der Waals surface area contributed by atoms with Gasteiger partial charge in [0.2, 0.25) is 5.90 Å². The third kappa shape index (κ3) is 4.47. The van der Waals surface area contributed by atoms with E-state index in [0.29, 0.717) is 46.0 Å². The van der Waals surface area contributed by atoms with Crippen molar-refractivity contribution in [1.29, 1.82) is 0 Å². The molecule has 0 saturated carbocycles. The monoisotopic (exact) mass is 387 g/mol. The van der Waals surface area contributed by atoms with Gasteiger partial charge in [0.15, 0.2) is 10.8 Å². The molecule has 0 spiro atoms. The SMILES string of the molecule is CCC1=C(SCCC(C)=O)OC(c2ccc(Cl)c(OC)c2Cl)=NC1. The zero-order valence-corrected chi connectivity index (χ0v) is 16.1. The Balaban J connectivity index is 2.22. The predicted molar refractivity (Wildman–Crippen MR) is 101 cm³/mol. The van der Waals surface area contributed by atoms with E-state index in [1.165, 1.54) is 18.9 Å². The van der Waals surface area contributed by atoms with Gasteiger partial charge >= 0.3 is 0 Å². The van der Waals surface area contributed by atoms with Crippen LogP contribution in [0.2, 0.25) is 10.0 Å². The maximum Gasteiger partial charge on any atom is 0.224 e. The molecule has 130 valence electrons. The number of Topliss-reactive ketones (excluding diaryl/α,β-unsaturated/α-hetero) is 1. The second-order valence-electron chi connectivity index (χ2n) is 5.21. The summed E-state index contributed by atoms with van der Waals surface area (Å²) in [5.41, 5.74) is 1.75. The van der Waals surface area contributed by atoms with Crippen LogP contribution in [0.5, 0.6) is 5.75 Å². The maximum absolute atomic E-state index is 11.1. The van der Waals surface area contributed by atoms with Gasteiger partial charge in [0.05, 0.1) is 29.3 Å². The number of carbonyl (C=O) groups excluding carboxylic acids is 1. The molecule has 1 aromatic rings. The van der Waals surface area contributed by atoms with Crippen molar-refractivity contribution in [3.05, 3.63) is 38.4 Å². The van der Waals surface area contributed by atoms with Gasteiger partial charge in [-0.25, -0.2) is 4.99 Å².